The number of ether oxygens (including phenoxy) is 2. The molecule has 3 aromatic rings. The monoisotopic (exact) mass is 252 g/mol. The van der Waals surface area contributed by atoms with Gasteiger partial charge in [-0.1, -0.05) is 42.0 Å². The van der Waals surface area contributed by atoms with Crippen LogP contribution < -0.4 is 9.47 Å². The van der Waals surface area contributed by atoms with Crippen molar-refractivity contribution in [2.24, 2.45) is 0 Å². The fraction of sp³-hybridized carbons (Fsp3) is 0.176. The molecule has 0 aliphatic rings. The first-order chi connectivity index (χ1) is 9.26. The molecule has 3 rings (SSSR count). The quantitative estimate of drug-likeness (QED) is 0.632. The molecule has 0 aliphatic heterocycles. The molecule has 0 N–H and O–H groups in total. The maximum atomic E-state index is 5.64. The van der Waals surface area contributed by atoms with Gasteiger partial charge in [0.2, 0.25) is 0 Å². The lowest BCUT2D eigenvalue weighted by molar-refractivity contribution is 0.417. The lowest BCUT2D eigenvalue weighted by Gasteiger charge is -2.15. The first kappa shape index (κ1) is 11.8. The van der Waals surface area contributed by atoms with Gasteiger partial charge < -0.3 is 9.47 Å². The van der Waals surface area contributed by atoms with Crippen LogP contribution in [-0.4, -0.2) is 14.2 Å². The largest absolute Gasteiger partial charge is 0.495 e. The number of benzene rings is 3. The van der Waals surface area contributed by atoms with E-state index in [2.05, 4.69) is 37.3 Å². The summed E-state index contributed by atoms with van der Waals surface area (Å²) in [7, 11) is 3.43. The van der Waals surface area contributed by atoms with Gasteiger partial charge in [-0.15, -0.1) is 0 Å². The SMILES string of the molecule is COc1c2ccccc2c(OC)c2cc(C)ccc12. The Morgan fingerprint density at radius 2 is 1.21 bits per heavy atom. The van der Waals surface area contributed by atoms with E-state index in [4.69, 9.17) is 9.47 Å². The van der Waals surface area contributed by atoms with E-state index in [1.54, 1.807) is 14.2 Å². The topological polar surface area (TPSA) is 18.5 Å². The molecule has 96 valence electrons. The van der Waals surface area contributed by atoms with Crippen LogP contribution in [0.25, 0.3) is 21.5 Å². The van der Waals surface area contributed by atoms with E-state index in [0.29, 0.717) is 0 Å². The van der Waals surface area contributed by atoms with E-state index in [9.17, 15) is 0 Å². The Labute approximate surface area is 112 Å². The maximum absolute atomic E-state index is 5.64. The van der Waals surface area contributed by atoms with Crippen molar-refractivity contribution in [2.75, 3.05) is 14.2 Å². The lowest BCUT2D eigenvalue weighted by atomic mass is 9.99. The second kappa shape index (κ2) is 4.47. The standard InChI is InChI=1S/C17H16O2/c1-11-8-9-14-15(10-11)17(19-3)13-7-5-4-6-12(13)16(14)18-2/h4-10H,1-3H3. The summed E-state index contributed by atoms with van der Waals surface area (Å²) in [5, 5.41) is 4.35. The minimum atomic E-state index is 0.909. The molecule has 0 bridgehead atoms. The molecule has 3 aromatic carbocycles. The van der Waals surface area contributed by atoms with E-state index < -0.39 is 0 Å². The molecule has 0 heterocycles. The van der Waals surface area contributed by atoms with Crippen molar-refractivity contribution in [3.05, 3.63) is 48.0 Å². The highest BCUT2D eigenvalue weighted by Crippen LogP contribution is 2.42. The summed E-state index contributed by atoms with van der Waals surface area (Å²) < 4.78 is 11.3. The van der Waals surface area contributed by atoms with Crippen molar-refractivity contribution in [2.45, 2.75) is 6.92 Å². The molecule has 0 unspecified atom stereocenters. The van der Waals surface area contributed by atoms with Crippen LogP contribution in [0.3, 0.4) is 0 Å². The van der Waals surface area contributed by atoms with Gasteiger partial charge in [-0.2, -0.15) is 0 Å². The Balaban J connectivity index is 2.60. The molecule has 0 fully saturated rings. The molecule has 0 aromatic heterocycles. The summed E-state index contributed by atoms with van der Waals surface area (Å²) in [5.74, 6) is 1.82. The van der Waals surface area contributed by atoms with Crippen LogP contribution in [0.5, 0.6) is 11.5 Å². The number of rotatable bonds is 2. The molecule has 2 nitrogen and oxygen atoms in total. The van der Waals surface area contributed by atoms with Crippen molar-refractivity contribution in [3.8, 4) is 11.5 Å². The number of aryl methyl sites for hydroxylation is 1. The Kier molecular flexibility index (Phi) is 2.79. The van der Waals surface area contributed by atoms with Crippen molar-refractivity contribution < 1.29 is 9.47 Å². The van der Waals surface area contributed by atoms with Crippen LogP contribution in [0.1, 0.15) is 5.56 Å². The van der Waals surface area contributed by atoms with Gasteiger partial charge in [0.05, 0.1) is 14.2 Å². The Morgan fingerprint density at radius 3 is 1.79 bits per heavy atom. The van der Waals surface area contributed by atoms with Gasteiger partial charge in [-0.25, -0.2) is 0 Å². The van der Waals surface area contributed by atoms with Crippen molar-refractivity contribution in [1.29, 1.82) is 0 Å². The lowest BCUT2D eigenvalue weighted by Crippen LogP contribution is -1.93. The normalized spacial score (nSPS) is 10.9. The third-order valence-electron chi connectivity index (χ3n) is 3.49. The van der Waals surface area contributed by atoms with Gasteiger partial charge in [-0.3, -0.25) is 0 Å². The first-order valence-electron chi connectivity index (χ1n) is 6.29. The van der Waals surface area contributed by atoms with Crippen molar-refractivity contribution in [1.82, 2.24) is 0 Å². The summed E-state index contributed by atoms with van der Waals surface area (Å²) >= 11 is 0. The smallest absolute Gasteiger partial charge is 0.134 e. The minimum Gasteiger partial charge on any atom is -0.495 e. The summed E-state index contributed by atoms with van der Waals surface area (Å²) in [4.78, 5) is 0. The molecule has 0 aliphatic carbocycles. The summed E-state index contributed by atoms with van der Waals surface area (Å²) in [6, 6.07) is 14.5. The van der Waals surface area contributed by atoms with Crippen LogP contribution in [0, 0.1) is 6.92 Å². The zero-order chi connectivity index (χ0) is 13.4. The maximum Gasteiger partial charge on any atom is 0.134 e. The van der Waals surface area contributed by atoms with Gasteiger partial charge in [0.15, 0.2) is 0 Å². The predicted octanol–water partition coefficient (Wildman–Crippen LogP) is 4.32. The van der Waals surface area contributed by atoms with Crippen LogP contribution in [0.2, 0.25) is 0 Å². The highest BCUT2D eigenvalue weighted by Gasteiger charge is 2.14. The third kappa shape index (κ3) is 1.72. The highest BCUT2D eigenvalue weighted by atomic mass is 16.5. The highest BCUT2D eigenvalue weighted by molar-refractivity contribution is 6.11. The van der Waals surface area contributed by atoms with Crippen LogP contribution in [0.4, 0.5) is 0 Å². The molecule has 0 amide bonds. The second-order valence-corrected chi connectivity index (χ2v) is 4.66. The van der Waals surface area contributed by atoms with E-state index in [-0.39, 0.29) is 0 Å². The van der Waals surface area contributed by atoms with Gasteiger partial charge in [0.1, 0.15) is 11.5 Å². The van der Waals surface area contributed by atoms with E-state index >= 15 is 0 Å². The molecule has 2 heteroatoms. The fourth-order valence-corrected chi connectivity index (χ4v) is 2.65. The zero-order valence-corrected chi connectivity index (χ0v) is 11.4. The molecule has 0 saturated heterocycles. The average molecular weight is 252 g/mol. The zero-order valence-electron chi connectivity index (χ0n) is 11.4. The van der Waals surface area contributed by atoms with Gasteiger partial charge in [0, 0.05) is 21.5 Å². The molecule has 0 radical (unpaired) electrons. The minimum absolute atomic E-state index is 0.909. The van der Waals surface area contributed by atoms with Gasteiger partial charge in [0.25, 0.3) is 0 Å². The summed E-state index contributed by atoms with van der Waals surface area (Å²) in [6.07, 6.45) is 0. The average Bonchev–Trinajstić information content (AvgIpc) is 2.44. The number of methoxy groups -OCH3 is 2. The first-order valence-corrected chi connectivity index (χ1v) is 6.29. The van der Waals surface area contributed by atoms with E-state index in [1.807, 2.05) is 12.1 Å². The molecule has 19 heavy (non-hydrogen) atoms. The molecular formula is C17H16O2. The van der Waals surface area contributed by atoms with Crippen molar-refractivity contribution in [3.63, 3.8) is 0 Å². The molecular weight excluding hydrogens is 236 g/mol. The second-order valence-electron chi connectivity index (χ2n) is 4.66. The van der Waals surface area contributed by atoms with Crippen molar-refractivity contribution >= 4 is 21.5 Å². The summed E-state index contributed by atoms with van der Waals surface area (Å²) in [6.45, 7) is 2.08. The van der Waals surface area contributed by atoms with E-state index in [0.717, 1.165) is 33.0 Å². The van der Waals surface area contributed by atoms with Crippen LogP contribution in [-0.2, 0) is 0 Å². The van der Waals surface area contributed by atoms with E-state index in [1.165, 1.54) is 5.56 Å². The van der Waals surface area contributed by atoms with Gasteiger partial charge >= 0.3 is 0 Å². The molecule has 0 spiro atoms. The van der Waals surface area contributed by atoms with Gasteiger partial charge in [-0.05, 0) is 13.0 Å². The van der Waals surface area contributed by atoms with Crippen LogP contribution in [0.15, 0.2) is 42.5 Å². The molecule has 0 saturated carbocycles. The molecule has 0 atom stereocenters. The number of hydrogen-bond donors (Lipinski definition) is 0. The predicted molar refractivity (Wildman–Crippen MR) is 79.3 cm³/mol. The third-order valence-corrected chi connectivity index (χ3v) is 3.49. The Hall–Kier alpha value is -2.22. The fourth-order valence-electron chi connectivity index (χ4n) is 2.65. The van der Waals surface area contributed by atoms with Crippen LogP contribution >= 0.6 is 0 Å². The Bertz CT molecular complexity index is 760. The number of fused-ring (bicyclic) bond motifs is 2. The number of hydrogen-bond acceptors (Lipinski definition) is 2. The Morgan fingerprint density at radius 1 is 0.684 bits per heavy atom. The summed E-state index contributed by atoms with van der Waals surface area (Å²) in [5.41, 5.74) is 1.21.